The van der Waals surface area contributed by atoms with E-state index in [-0.39, 0.29) is 17.0 Å². The van der Waals surface area contributed by atoms with Gasteiger partial charge in [-0.1, -0.05) is 6.07 Å². The normalized spacial score (nSPS) is 11.9. The van der Waals surface area contributed by atoms with Gasteiger partial charge in [0.25, 0.3) is 11.6 Å². The van der Waals surface area contributed by atoms with Crippen molar-refractivity contribution in [3.05, 3.63) is 39.4 Å². The summed E-state index contributed by atoms with van der Waals surface area (Å²) in [6.07, 6.45) is 0.565. The zero-order chi connectivity index (χ0) is 15.1. The summed E-state index contributed by atoms with van der Waals surface area (Å²) >= 11 is 5.94. The predicted octanol–water partition coefficient (Wildman–Crippen LogP) is 2.28. The highest BCUT2D eigenvalue weighted by Gasteiger charge is 2.14. The van der Waals surface area contributed by atoms with Gasteiger partial charge in [-0.25, -0.2) is 0 Å². The molecular weight excluding hydrogens is 284 g/mol. The van der Waals surface area contributed by atoms with Crippen molar-refractivity contribution in [1.82, 2.24) is 5.32 Å². The first kappa shape index (κ1) is 16.4. The van der Waals surface area contributed by atoms with Crippen molar-refractivity contribution in [3.8, 4) is 0 Å². The minimum absolute atomic E-state index is 0.102. The minimum atomic E-state index is -0.524. The Kier molecular flexibility index (Phi) is 6.41. The van der Waals surface area contributed by atoms with Crippen LogP contribution in [0, 0.1) is 17.0 Å². The number of hydrogen-bond donors (Lipinski definition) is 1. The predicted molar refractivity (Wildman–Crippen MR) is 76.3 cm³/mol. The Morgan fingerprint density at radius 1 is 1.55 bits per heavy atom. The number of hydrogen-bond acceptors (Lipinski definition) is 4. The molecule has 0 saturated carbocycles. The van der Waals surface area contributed by atoms with Crippen LogP contribution in [-0.4, -0.2) is 36.5 Å². The van der Waals surface area contributed by atoms with Gasteiger partial charge in [-0.3, -0.25) is 14.9 Å². The molecule has 0 radical (unpaired) electrons. The lowest BCUT2D eigenvalue weighted by Crippen LogP contribution is -2.27. The zero-order valence-corrected chi connectivity index (χ0v) is 12.1. The Hall–Kier alpha value is -1.66. The van der Waals surface area contributed by atoms with Crippen molar-refractivity contribution < 1.29 is 14.5 Å². The molecule has 7 heteroatoms. The van der Waals surface area contributed by atoms with Crippen LogP contribution in [0.1, 0.15) is 22.3 Å². The molecule has 0 aliphatic rings. The molecule has 1 unspecified atom stereocenters. The number of nitro benzene ring substituents is 1. The van der Waals surface area contributed by atoms with E-state index < -0.39 is 4.92 Å². The van der Waals surface area contributed by atoms with E-state index in [1.165, 1.54) is 12.1 Å². The average molecular weight is 301 g/mol. The molecule has 0 fully saturated rings. The minimum Gasteiger partial charge on any atom is -0.383 e. The van der Waals surface area contributed by atoms with Gasteiger partial charge in [0.1, 0.15) is 0 Å². The van der Waals surface area contributed by atoms with Crippen LogP contribution >= 0.6 is 11.6 Å². The molecule has 6 nitrogen and oxygen atoms in total. The molecule has 0 bridgehead atoms. The molecule has 1 amide bonds. The number of carbonyl (C=O) groups is 1. The molecule has 110 valence electrons. The molecule has 20 heavy (non-hydrogen) atoms. The molecule has 0 aliphatic carbocycles. The van der Waals surface area contributed by atoms with Crippen molar-refractivity contribution in [3.63, 3.8) is 0 Å². The van der Waals surface area contributed by atoms with Gasteiger partial charge >= 0.3 is 0 Å². The number of halogens is 1. The summed E-state index contributed by atoms with van der Waals surface area (Å²) in [6, 6.07) is 4.21. The van der Waals surface area contributed by atoms with E-state index in [4.69, 9.17) is 16.3 Å². The molecule has 0 saturated heterocycles. The number of rotatable bonds is 7. The standard InChI is InChI=1S/C13H17ClN2O4/c1-9-3-4-11(16(18)19)7-12(9)13(17)15-6-5-10(14)8-20-2/h3-4,7,10H,5-6,8H2,1-2H3,(H,15,17). The van der Waals surface area contributed by atoms with Gasteiger partial charge in [-0.05, 0) is 18.9 Å². The number of alkyl halides is 1. The largest absolute Gasteiger partial charge is 0.383 e. The summed E-state index contributed by atoms with van der Waals surface area (Å²) in [5.74, 6) is -0.340. The summed E-state index contributed by atoms with van der Waals surface area (Å²) in [5, 5.41) is 13.2. The van der Waals surface area contributed by atoms with E-state index in [1.54, 1.807) is 20.1 Å². The average Bonchev–Trinajstić information content (AvgIpc) is 2.39. The van der Waals surface area contributed by atoms with Crippen LogP contribution in [-0.2, 0) is 4.74 Å². The lowest BCUT2D eigenvalue weighted by Gasteiger charge is -2.10. The molecule has 1 atom stereocenters. The van der Waals surface area contributed by atoms with Crippen molar-refractivity contribution in [2.24, 2.45) is 0 Å². The Morgan fingerprint density at radius 2 is 2.25 bits per heavy atom. The maximum absolute atomic E-state index is 12.0. The van der Waals surface area contributed by atoms with Gasteiger partial charge < -0.3 is 10.1 Å². The molecular formula is C13H17ClN2O4. The van der Waals surface area contributed by atoms with Crippen LogP contribution in [0.25, 0.3) is 0 Å². The van der Waals surface area contributed by atoms with Gasteiger partial charge in [0.05, 0.1) is 16.9 Å². The maximum atomic E-state index is 12.0. The molecule has 0 spiro atoms. The zero-order valence-electron chi connectivity index (χ0n) is 11.4. The fourth-order valence-corrected chi connectivity index (χ4v) is 1.90. The van der Waals surface area contributed by atoms with Crippen LogP contribution in [0.3, 0.4) is 0 Å². The van der Waals surface area contributed by atoms with Gasteiger partial charge in [0.2, 0.25) is 0 Å². The number of benzene rings is 1. The molecule has 1 aromatic rings. The highest BCUT2D eigenvalue weighted by atomic mass is 35.5. The van der Waals surface area contributed by atoms with E-state index in [1.807, 2.05) is 0 Å². The highest BCUT2D eigenvalue weighted by molar-refractivity contribution is 6.20. The van der Waals surface area contributed by atoms with Gasteiger partial charge in [-0.15, -0.1) is 11.6 Å². The molecule has 0 aliphatic heterocycles. The van der Waals surface area contributed by atoms with Crippen molar-refractivity contribution in [2.75, 3.05) is 20.3 Å². The van der Waals surface area contributed by atoms with Crippen molar-refractivity contribution in [2.45, 2.75) is 18.7 Å². The monoisotopic (exact) mass is 300 g/mol. The first-order valence-corrected chi connectivity index (χ1v) is 6.55. The first-order chi connectivity index (χ1) is 9.45. The van der Waals surface area contributed by atoms with Crippen molar-refractivity contribution in [1.29, 1.82) is 0 Å². The van der Waals surface area contributed by atoms with Crippen LogP contribution < -0.4 is 5.32 Å². The first-order valence-electron chi connectivity index (χ1n) is 6.12. The Labute approximate surface area is 122 Å². The Bertz CT molecular complexity index is 493. The molecule has 1 aromatic carbocycles. The van der Waals surface area contributed by atoms with E-state index >= 15 is 0 Å². The van der Waals surface area contributed by atoms with Gasteiger partial charge in [0, 0.05) is 31.4 Å². The number of methoxy groups -OCH3 is 1. The van der Waals surface area contributed by atoms with Gasteiger partial charge in [0.15, 0.2) is 0 Å². The van der Waals surface area contributed by atoms with Crippen LogP contribution in [0.15, 0.2) is 18.2 Å². The summed E-state index contributed by atoms with van der Waals surface area (Å²) in [7, 11) is 1.56. The number of aryl methyl sites for hydroxylation is 1. The quantitative estimate of drug-likeness (QED) is 0.476. The van der Waals surface area contributed by atoms with E-state index in [0.29, 0.717) is 30.7 Å². The fraction of sp³-hybridized carbons (Fsp3) is 0.462. The lowest BCUT2D eigenvalue weighted by atomic mass is 10.1. The number of non-ortho nitro benzene ring substituents is 1. The van der Waals surface area contributed by atoms with E-state index in [0.717, 1.165) is 0 Å². The molecule has 1 rings (SSSR count). The number of nitro groups is 1. The SMILES string of the molecule is COCC(Cl)CCNC(=O)c1cc([N+](=O)[O-])ccc1C. The number of amides is 1. The van der Waals surface area contributed by atoms with E-state index in [9.17, 15) is 14.9 Å². The summed E-state index contributed by atoms with van der Waals surface area (Å²) in [6.45, 7) is 2.53. The van der Waals surface area contributed by atoms with Crippen LogP contribution in [0.5, 0.6) is 0 Å². The number of nitrogens with one attached hydrogen (secondary N) is 1. The third-order valence-corrected chi connectivity index (χ3v) is 3.11. The fourth-order valence-electron chi connectivity index (χ4n) is 1.67. The summed E-state index contributed by atoms with van der Waals surface area (Å²) in [5.41, 5.74) is 0.889. The molecule has 0 heterocycles. The summed E-state index contributed by atoms with van der Waals surface area (Å²) < 4.78 is 4.89. The number of ether oxygens (including phenoxy) is 1. The molecule has 1 N–H and O–H groups in total. The third kappa shape index (κ3) is 4.79. The van der Waals surface area contributed by atoms with Crippen LogP contribution in [0.4, 0.5) is 5.69 Å². The third-order valence-electron chi connectivity index (χ3n) is 2.77. The number of carbonyl (C=O) groups excluding carboxylic acids is 1. The van der Waals surface area contributed by atoms with E-state index in [2.05, 4.69) is 5.32 Å². The second-order valence-corrected chi connectivity index (χ2v) is 4.97. The second kappa shape index (κ2) is 7.81. The smallest absolute Gasteiger partial charge is 0.270 e. The second-order valence-electron chi connectivity index (χ2n) is 4.35. The highest BCUT2D eigenvalue weighted by Crippen LogP contribution is 2.17. The van der Waals surface area contributed by atoms with Gasteiger partial charge in [-0.2, -0.15) is 0 Å². The lowest BCUT2D eigenvalue weighted by molar-refractivity contribution is -0.384. The Morgan fingerprint density at radius 3 is 2.85 bits per heavy atom. The van der Waals surface area contributed by atoms with Crippen LogP contribution in [0.2, 0.25) is 0 Å². The Balaban J connectivity index is 2.63. The maximum Gasteiger partial charge on any atom is 0.270 e. The molecule has 0 aromatic heterocycles. The summed E-state index contributed by atoms with van der Waals surface area (Å²) in [4.78, 5) is 22.2. The van der Waals surface area contributed by atoms with Crippen molar-refractivity contribution >= 4 is 23.2 Å². The number of nitrogens with zero attached hydrogens (tertiary/aromatic N) is 1. The topological polar surface area (TPSA) is 81.5 Å².